The van der Waals surface area contributed by atoms with E-state index in [1.807, 2.05) is 20.0 Å². The van der Waals surface area contributed by atoms with Crippen molar-refractivity contribution in [1.29, 1.82) is 0 Å². The number of nitrogens with one attached hydrogen (secondary N) is 1. The van der Waals surface area contributed by atoms with Crippen molar-refractivity contribution in [3.63, 3.8) is 0 Å². The third kappa shape index (κ3) is 4.05. The van der Waals surface area contributed by atoms with Crippen molar-refractivity contribution in [3.05, 3.63) is 29.3 Å². The van der Waals surface area contributed by atoms with Gasteiger partial charge in [-0.25, -0.2) is 0 Å². The molecule has 2 saturated carbocycles. The number of hydrogen-bond donors (Lipinski definition) is 1. The van der Waals surface area contributed by atoms with Crippen LogP contribution in [-0.4, -0.2) is 36.2 Å². The zero-order chi connectivity index (χ0) is 21.5. The van der Waals surface area contributed by atoms with Crippen LogP contribution in [0.4, 0.5) is 5.82 Å². The van der Waals surface area contributed by atoms with Crippen LogP contribution in [-0.2, 0) is 11.8 Å². The molecule has 9 heteroatoms. The minimum atomic E-state index is -0.0622. The molecular weight excluding hydrogens is 428 g/mol. The van der Waals surface area contributed by atoms with Gasteiger partial charge in [-0.2, -0.15) is 5.10 Å². The van der Waals surface area contributed by atoms with E-state index in [2.05, 4.69) is 49.6 Å². The number of amides is 1. The Morgan fingerprint density at radius 1 is 1.35 bits per heavy atom. The Hall–Kier alpha value is -2.13. The number of anilines is 1. The fourth-order valence-corrected chi connectivity index (χ4v) is 6.96. The molecule has 164 valence electrons. The first-order chi connectivity index (χ1) is 15.0. The molecule has 4 atom stereocenters. The zero-order valence-electron chi connectivity index (χ0n) is 18.1. The molecule has 2 aliphatic carbocycles. The molecule has 2 aliphatic rings. The summed E-state index contributed by atoms with van der Waals surface area (Å²) in [5.74, 6) is 4.23. The summed E-state index contributed by atoms with van der Waals surface area (Å²) in [5.41, 5.74) is 0.880. The summed E-state index contributed by atoms with van der Waals surface area (Å²) in [5, 5.41) is 19.2. The molecule has 3 aromatic heterocycles. The lowest BCUT2D eigenvalue weighted by Crippen LogP contribution is -2.23. The van der Waals surface area contributed by atoms with E-state index in [4.69, 9.17) is 0 Å². The molecule has 0 saturated heterocycles. The maximum absolute atomic E-state index is 12.6. The fourth-order valence-electron chi connectivity index (χ4n) is 5.43. The van der Waals surface area contributed by atoms with E-state index in [1.165, 1.54) is 37.4 Å². The van der Waals surface area contributed by atoms with Crippen LogP contribution in [0.1, 0.15) is 44.3 Å². The second-order valence-electron chi connectivity index (χ2n) is 8.86. The lowest BCUT2D eigenvalue weighted by atomic mass is 9.84. The van der Waals surface area contributed by atoms with Crippen LogP contribution < -0.4 is 5.32 Å². The molecule has 2 fully saturated rings. The lowest BCUT2D eigenvalue weighted by Gasteiger charge is -2.30. The number of aromatic nitrogens is 5. The summed E-state index contributed by atoms with van der Waals surface area (Å²) in [4.78, 5) is 13.7. The largest absolute Gasteiger partial charge is 0.310 e. The highest BCUT2D eigenvalue weighted by molar-refractivity contribution is 7.99. The SMILES string of the molecule is Cc1cc(NC(=O)CSc2nnc(-c3cccs3)n2C(C)C2CC3CCC2C3)n(C)n1. The molecule has 1 amide bonds. The number of aryl methyl sites for hydroxylation is 2. The van der Waals surface area contributed by atoms with Gasteiger partial charge in [0.25, 0.3) is 0 Å². The lowest BCUT2D eigenvalue weighted by molar-refractivity contribution is -0.113. The Labute approximate surface area is 190 Å². The Balaban J connectivity index is 1.36. The van der Waals surface area contributed by atoms with Gasteiger partial charge in [0.15, 0.2) is 11.0 Å². The number of carbonyl (C=O) groups is 1. The van der Waals surface area contributed by atoms with Gasteiger partial charge >= 0.3 is 0 Å². The molecule has 0 aliphatic heterocycles. The number of thioether (sulfide) groups is 1. The maximum atomic E-state index is 12.6. The van der Waals surface area contributed by atoms with Gasteiger partial charge in [0.2, 0.25) is 5.91 Å². The van der Waals surface area contributed by atoms with E-state index in [-0.39, 0.29) is 11.7 Å². The average molecular weight is 457 g/mol. The minimum absolute atomic E-state index is 0.0622. The molecular formula is C22H28N6OS2. The van der Waals surface area contributed by atoms with Crippen LogP contribution >= 0.6 is 23.1 Å². The first kappa shape index (κ1) is 20.8. The molecule has 3 aromatic rings. The zero-order valence-corrected chi connectivity index (χ0v) is 19.7. The molecule has 0 aromatic carbocycles. The van der Waals surface area contributed by atoms with Crippen LogP contribution in [0.3, 0.4) is 0 Å². The number of fused-ring (bicyclic) bond motifs is 2. The molecule has 7 nitrogen and oxygen atoms in total. The topological polar surface area (TPSA) is 77.6 Å². The predicted molar refractivity (Wildman–Crippen MR) is 124 cm³/mol. The number of hydrogen-bond acceptors (Lipinski definition) is 6. The predicted octanol–water partition coefficient (Wildman–Crippen LogP) is 4.78. The van der Waals surface area contributed by atoms with Crippen molar-refractivity contribution >= 4 is 34.8 Å². The van der Waals surface area contributed by atoms with E-state index < -0.39 is 0 Å². The molecule has 5 rings (SSSR count). The summed E-state index contributed by atoms with van der Waals surface area (Å²) in [6, 6.07) is 6.35. The monoisotopic (exact) mass is 456 g/mol. The number of nitrogens with zero attached hydrogens (tertiary/aromatic N) is 5. The second kappa shape index (κ2) is 8.43. The van der Waals surface area contributed by atoms with Crippen LogP contribution in [0, 0.1) is 24.7 Å². The van der Waals surface area contributed by atoms with Gasteiger partial charge in [0, 0.05) is 19.2 Å². The summed E-state index contributed by atoms with van der Waals surface area (Å²) in [6.45, 7) is 4.23. The van der Waals surface area contributed by atoms with Crippen molar-refractivity contribution in [2.75, 3.05) is 11.1 Å². The van der Waals surface area contributed by atoms with Gasteiger partial charge in [0.05, 0.1) is 16.3 Å². The summed E-state index contributed by atoms with van der Waals surface area (Å²) < 4.78 is 3.98. The molecule has 2 bridgehead atoms. The smallest absolute Gasteiger partial charge is 0.235 e. The summed E-state index contributed by atoms with van der Waals surface area (Å²) >= 11 is 3.15. The van der Waals surface area contributed by atoms with Gasteiger partial charge in [0.1, 0.15) is 5.82 Å². The normalized spacial score (nSPS) is 23.4. The molecule has 3 heterocycles. The first-order valence-electron chi connectivity index (χ1n) is 10.9. The number of thiophene rings is 1. The minimum Gasteiger partial charge on any atom is -0.310 e. The van der Waals surface area contributed by atoms with Gasteiger partial charge in [-0.1, -0.05) is 24.2 Å². The number of carbonyl (C=O) groups excluding carboxylic acids is 1. The Morgan fingerprint density at radius 3 is 2.87 bits per heavy atom. The Bertz CT molecular complexity index is 1070. The van der Waals surface area contributed by atoms with E-state index in [9.17, 15) is 4.79 Å². The summed E-state index contributed by atoms with van der Waals surface area (Å²) in [6.07, 6.45) is 5.42. The van der Waals surface area contributed by atoms with Gasteiger partial charge in [-0.3, -0.25) is 14.0 Å². The summed E-state index contributed by atoms with van der Waals surface area (Å²) in [7, 11) is 1.83. The Morgan fingerprint density at radius 2 is 2.23 bits per heavy atom. The third-order valence-electron chi connectivity index (χ3n) is 6.83. The van der Waals surface area contributed by atoms with Gasteiger partial charge in [-0.15, -0.1) is 21.5 Å². The molecule has 1 N–H and O–H groups in total. The maximum Gasteiger partial charge on any atom is 0.235 e. The van der Waals surface area contributed by atoms with Crippen molar-refractivity contribution < 1.29 is 4.79 Å². The molecule has 31 heavy (non-hydrogen) atoms. The Kier molecular flexibility index (Phi) is 5.64. The quantitative estimate of drug-likeness (QED) is 0.518. The molecule has 4 unspecified atom stereocenters. The van der Waals surface area contributed by atoms with Gasteiger partial charge in [-0.05, 0) is 62.3 Å². The highest BCUT2D eigenvalue weighted by atomic mass is 32.2. The van der Waals surface area contributed by atoms with Crippen molar-refractivity contribution in [2.45, 2.75) is 50.7 Å². The highest BCUT2D eigenvalue weighted by Gasteiger charge is 2.43. The fraction of sp³-hybridized carbons (Fsp3) is 0.545. The van der Waals surface area contributed by atoms with E-state index in [1.54, 1.807) is 16.0 Å². The number of rotatable bonds is 7. The van der Waals surface area contributed by atoms with Crippen molar-refractivity contribution in [2.24, 2.45) is 24.8 Å². The standard InChI is InChI=1S/C22H28N6OS2/c1-13-9-19(27(3)26-13)23-20(29)12-31-22-25-24-21(18-5-4-8-30-18)28(22)14(2)17-11-15-6-7-16(17)10-15/h4-5,8-9,14-17H,6-7,10-12H2,1-3H3,(H,23,29). The van der Waals surface area contributed by atoms with E-state index >= 15 is 0 Å². The van der Waals surface area contributed by atoms with Crippen LogP contribution in [0.25, 0.3) is 10.7 Å². The molecule has 0 radical (unpaired) electrons. The van der Waals surface area contributed by atoms with Gasteiger partial charge < -0.3 is 5.32 Å². The first-order valence-corrected chi connectivity index (χ1v) is 12.8. The van der Waals surface area contributed by atoms with Crippen LogP contribution in [0.2, 0.25) is 0 Å². The third-order valence-corrected chi connectivity index (χ3v) is 8.64. The second-order valence-corrected chi connectivity index (χ2v) is 10.8. The van der Waals surface area contributed by atoms with Crippen molar-refractivity contribution in [1.82, 2.24) is 24.5 Å². The van der Waals surface area contributed by atoms with Crippen molar-refractivity contribution in [3.8, 4) is 10.7 Å². The highest BCUT2D eigenvalue weighted by Crippen LogP contribution is 2.53. The van der Waals surface area contributed by atoms with E-state index in [0.29, 0.717) is 17.8 Å². The molecule has 0 spiro atoms. The average Bonchev–Trinajstić information content (AvgIpc) is 3.55. The van der Waals surface area contributed by atoms with E-state index in [0.717, 1.165) is 33.4 Å². The van der Waals surface area contributed by atoms with Crippen LogP contribution in [0.5, 0.6) is 0 Å². The van der Waals surface area contributed by atoms with Crippen LogP contribution in [0.15, 0.2) is 28.7 Å².